The van der Waals surface area contributed by atoms with Crippen LogP contribution in [0.3, 0.4) is 0 Å². The first-order valence-corrected chi connectivity index (χ1v) is 32.8. The third-order valence-electron chi connectivity index (χ3n) is 13.3. The molecule has 6 N–H and O–H groups in total. The molecule has 466 valence electrons. The molecule has 4 unspecified atom stereocenters. The average molecular weight is 1270 g/mol. The largest absolute Gasteiger partial charge is 0.472 e. The van der Waals surface area contributed by atoms with Crippen LogP contribution in [0.15, 0.2) is 98.1 Å². The van der Waals surface area contributed by atoms with Crippen LogP contribution in [0.2, 0.25) is 0 Å². The molecule has 30 nitrogen and oxygen atoms in total. The van der Waals surface area contributed by atoms with Gasteiger partial charge in [0.05, 0.1) is 117 Å². The molecule has 4 aromatic heterocycles. The van der Waals surface area contributed by atoms with Gasteiger partial charge in [0.2, 0.25) is 0 Å². The Bertz CT molecular complexity index is 2580. The lowest BCUT2D eigenvalue weighted by molar-refractivity contribution is -0.0407. The Morgan fingerprint density at radius 1 is 0.381 bits per heavy atom. The molecule has 0 amide bonds. The maximum atomic E-state index is 13.2. The molecule has 0 aromatic carbocycles. The van der Waals surface area contributed by atoms with Crippen molar-refractivity contribution in [2.45, 2.75) is 98.9 Å². The maximum Gasteiger partial charge on any atom is 0.472 e. The summed E-state index contributed by atoms with van der Waals surface area (Å²) in [7, 11) is -19.1. The van der Waals surface area contributed by atoms with Crippen LogP contribution in [0, 0.1) is 0 Å². The Kier molecular flexibility index (Phi) is 26.0. The molecule has 4 aliphatic rings. The van der Waals surface area contributed by atoms with E-state index in [4.69, 9.17) is 74.1 Å². The summed E-state index contributed by atoms with van der Waals surface area (Å²) < 4.78 is 141. The number of phosphoric ester groups is 4. The summed E-state index contributed by atoms with van der Waals surface area (Å²) in [6.07, 6.45) is 2.00. The summed E-state index contributed by atoms with van der Waals surface area (Å²) in [5.74, 6) is 0. The summed E-state index contributed by atoms with van der Waals surface area (Å²) in [5.41, 5.74) is 2.63. The number of nitrogens with zero attached hydrogens (tertiary/aromatic N) is 4. The summed E-state index contributed by atoms with van der Waals surface area (Å²) in [5, 5.41) is 19.8. The molecule has 4 saturated heterocycles. The minimum Gasteiger partial charge on any atom is -0.394 e. The van der Waals surface area contributed by atoms with Crippen LogP contribution in [0.4, 0.5) is 0 Å². The zero-order valence-corrected chi connectivity index (χ0v) is 48.9. The Hall–Kier alpha value is -3.36. The van der Waals surface area contributed by atoms with Crippen LogP contribution >= 0.6 is 31.3 Å². The molecule has 34 heteroatoms. The number of phosphoric acid groups is 4. The molecular formula is C50H70N4O26P4. The predicted molar refractivity (Wildman–Crippen MR) is 286 cm³/mol. The second-order valence-corrected chi connectivity index (χ2v) is 24.9. The van der Waals surface area contributed by atoms with E-state index < -0.39 is 131 Å². The van der Waals surface area contributed by atoms with Crippen molar-refractivity contribution in [2.24, 2.45) is 0 Å². The van der Waals surface area contributed by atoms with E-state index in [1.54, 1.807) is 98.1 Å². The standard InChI is InChI=1S/C50H70N4O26P4/c55-31-47-43(23-39(73-47)35-5-1-9-51-27-35)77-83(61,62)71-33-49-45(25-41(75-49)37-7-3-11-53-29-37)79-81(57,58)69-21-19-67-17-15-65-13-14-66-16-18-68-20-22-70-82(59,60)80-46-26-42(38-8-4-12-54-30-38)76-50(46)34-72-84(63,64)78-44-24-40(74-48(44)32-56)36-6-2-10-52-28-36/h1-12,27-30,39-50,55-56H,13-26,31-34H2,(H,57,58)(H,59,60)(H,61,62)(H,63,64)/t39-,40-,41-,42-,43+,44+,45+,46+,47-,48-,49-,50-/m1/s1. The van der Waals surface area contributed by atoms with Crippen molar-refractivity contribution in [1.29, 1.82) is 0 Å². The van der Waals surface area contributed by atoms with Gasteiger partial charge < -0.3 is 67.7 Å². The highest BCUT2D eigenvalue weighted by Gasteiger charge is 2.47. The van der Waals surface area contributed by atoms with E-state index in [1.807, 2.05) is 0 Å². The van der Waals surface area contributed by atoms with Crippen molar-refractivity contribution in [2.75, 3.05) is 92.5 Å². The van der Waals surface area contributed by atoms with Gasteiger partial charge in [-0.3, -0.25) is 56.1 Å². The number of hydrogen-bond donors (Lipinski definition) is 6. The van der Waals surface area contributed by atoms with Crippen LogP contribution in [0.5, 0.6) is 0 Å². The van der Waals surface area contributed by atoms with E-state index in [0.29, 0.717) is 22.3 Å². The van der Waals surface area contributed by atoms with Gasteiger partial charge in [-0.05, 0) is 46.5 Å². The number of aliphatic hydroxyl groups excluding tert-OH is 2. The molecule has 4 aromatic rings. The van der Waals surface area contributed by atoms with E-state index in [9.17, 15) is 48.0 Å². The van der Waals surface area contributed by atoms with Crippen LogP contribution < -0.4 is 0 Å². The van der Waals surface area contributed by atoms with Gasteiger partial charge in [-0.15, -0.1) is 0 Å². The summed E-state index contributed by atoms with van der Waals surface area (Å²) in [6, 6.07) is 13.8. The Morgan fingerprint density at radius 2 is 0.631 bits per heavy atom. The second kappa shape index (κ2) is 32.7. The van der Waals surface area contributed by atoms with Gasteiger partial charge >= 0.3 is 31.3 Å². The van der Waals surface area contributed by atoms with Gasteiger partial charge in [0.15, 0.2) is 0 Å². The van der Waals surface area contributed by atoms with Crippen LogP contribution in [-0.2, 0) is 92.3 Å². The minimum atomic E-state index is -4.81. The molecule has 0 radical (unpaired) electrons. The number of pyridine rings is 4. The number of aromatic nitrogens is 4. The van der Waals surface area contributed by atoms with Crippen molar-refractivity contribution < 1.29 is 122 Å². The fraction of sp³-hybridized carbons (Fsp3) is 0.600. The highest BCUT2D eigenvalue weighted by Crippen LogP contribution is 2.54. The third kappa shape index (κ3) is 21.2. The Labute approximate surface area is 483 Å². The Morgan fingerprint density at radius 3 is 0.893 bits per heavy atom. The van der Waals surface area contributed by atoms with Crippen molar-refractivity contribution in [3.05, 3.63) is 120 Å². The van der Waals surface area contributed by atoms with Crippen LogP contribution in [0.25, 0.3) is 0 Å². The Balaban J connectivity index is 0.666. The molecular weight excluding hydrogens is 1200 g/mol. The highest BCUT2D eigenvalue weighted by atomic mass is 31.2. The smallest absolute Gasteiger partial charge is 0.394 e. The van der Waals surface area contributed by atoms with Gasteiger partial charge in [-0.25, -0.2) is 18.3 Å². The van der Waals surface area contributed by atoms with Crippen molar-refractivity contribution >= 4 is 31.3 Å². The third-order valence-corrected chi connectivity index (χ3v) is 17.5. The summed E-state index contributed by atoms with van der Waals surface area (Å²) in [4.78, 5) is 59.0. The summed E-state index contributed by atoms with van der Waals surface area (Å²) in [6.45, 7) is -2.13. The molecule has 84 heavy (non-hydrogen) atoms. The molecule has 4 fully saturated rings. The van der Waals surface area contributed by atoms with E-state index >= 15 is 0 Å². The zero-order chi connectivity index (χ0) is 59.4. The van der Waals surface area contributed by atoms with Gasteiger partial charge in [-0.2, -0.15) is 0 Å². The minimum absolute atomic E-state index is 0.0401. The molecule has 16 atom stereocenters. The quantitative estimate of drug-likeness (QED) is 0.0262. The van der Waals surface area contributed by atoms with Crippen molar-refractivity contribution in [3.63, 3.8) is 0 Å². The highest BCUT2D eigenvalue weighted by molar-refractivity contribution is 7.48. The molecule has 8 rings (SSSR count). The number of rotatable bonds is 37. The maximum absolute atomic E-state index is 13.2. The first-order chi connectivity index (χ1) is 40.5. The van der Waals surface area contributed by atoms with E-state index in [1.165, 1.54) is 0 Å². The molecule has 0 bridgehead atoms. The summed E-state index contributed by atoms with van der Waals surface area (Å²) >= 11 is 0. The van der Waals surface area contributed by atoms with E-state index in [-0.39, 0.29) is 91.8 Å². The van der Waals surface area contributed by atoms with Crippen molar-refractivity contribution in [1.82, 2.24) is 19.9 Å². The first-order valence-electron chi connectivity index (χ1n) is 26.8. The predicted octanol–water partition coefficient (Wildman–Crippen LogP) is 4.75. The second-order valence-electron chi connectivity index (χ2n) is 19.3. The number of ether oxygens (including phenoxy) is 8. The normalized spacial score (nSPS) is 29.1. The lowest BCUT2D eigenvalue weighted by Crippen LogP contribution is -2.30. The topological polar surface area (TPSA) is 389 Å². The van der Waals surface area contributed by atoms with Crippen LogP contribution in [-0.4, -0.2) is 191 Å². The van der Waals surface area contributed by atoms with E-state index in [2.05, 4.69) is 19.9 Å². The molecule has 4 aliphatic heterocycles. The fourth-order valence-electron chi connectivity index (χ4n) is 9.38. The van der Waals surface area contributed by atoms with Gasteiger partial charge in [0.25, 0.3) is 0 Å². The zero-order valence-electron chi connectivity index (χ0n) is 45.3. The van der Waals surface area contributed by atoms with E-state index in [0.717, 1.165) is 0 Å². The molecule has 0 saturated carbocycles. The lowest BCUT2D eigenvalue weighted by atomic mass is 10.1. The molecule has 8 heterocycles. The monoisotopic (exact) mass is 1270 g/mol. The average Bonchev–Trinajstić information content (AvgIpc) is 4.35. The first kappa shape index (κ1) is 66.6. The van der Waals surface area contributed by atoms with Gasteiger partial charge in [0, 0.05) is 75.3 Å². The fourth-order valence-corrected chi connectivity index (χ4v) is 13.2. The SMILES string of the molecule is O=P(O)(OC[C@H]1O[C@@H](c2cccnc2)C[C@@H]1OP(=O)(O)OCCOCCOCCOCCOCCOP(=O)(O)O[C@H]1C[C@H](c2cccnc2)O[C@@H]1COP(=O)(O)O[C@H]1C[C@H](c2cccnc2)O[C@@H]1CO)O[C@H]1C[C@H](c2cccnc2)O[C@@H]1CO. The van der Waals surface area contributed by atoms with Crippen molar-refractivity contribution in [3.8, 4) is 0 Å². The van der Waals surface area contributed by atoms with Gasteiger partial charge in [-0.1, -0.05) is 24.3 Å². The lowest BCUT2D eigenvalue weighted by Gasteiger charge is -2.24. The number of hydrogen-bond acceptors (Lipinski definition) is 26. The van der Waals surface area contributed by atoms with Crippen LogP contribution in [0.1, 0.15) is 72.4 Å². The number of aliphatic hydroxyl groups is 2. The molecule has 0 aliphatic carbocycles. The molecule has 0 spiro atoms. The van der Waals surface area contributed by atoms with Gasteiger partial charge in [0.1, 0.15) is 48.8 Å².